The predicted octanol–water partition coefficient (Wildman–Crippen LogP) is 32.9. The van der Waals surface area contributed by atoms with Gasteiger partial charge in [-0.1, -0.05) is 341 Å². The largest absolute Gasteiger partial charge is 0.507 e. The van der Waals surface area contributed by atoms with Crippen molar-refractivity contribution in [2.75, 3.05) is 13.7 Å². The van der Waals surface area contributed by atoms with E-state index in [1.54, 1.807) is 104 Å². The number of aromatic hydroxyl groups is 4. The number of ether oxygens (including phenoxy) is 2. The number of carbonyl (C=O) groups excluding carboxylic acids is 4. The first-order valence-electron chi connectivity index (χ1n) is 47.4. The van der Waals surface area contributed by atoms with Crippen molar-refractivity contribution >= 4 is 163 Å². The summed E-state index contributed by atoms with van der Waals surface area (Å²) in [6, 6.07) is 151. The van der Waals surface area contributed by atoms with E-state index in [0.717, 1.165) is 192 Å². The number of rotatable bonds is 16. The maximum absolute atomic E-state index is 13.9. The second-order valence-electron chi connectivity index (χ2n) is 35.6. The molecule has 0 radical (unpaired) electrons. The molecule has 0 bridgehead atoms. The summed E-state index contributed by atoms with van der Waals surface area (Å²) in [5.74, 6) is 0.874. The summed E-state index contributed by atoms with van der Waals surface area (Å²) in [6.07, 6.45) is 0.964. The van der Waals surface area contributed by atoms with Gasteiger partial charge in [0.1, 0.15) is 34.5 Å². The first kappa shape index (κ1) is 88.6. The van der Waals surface area contributed by atoms with Gasteiger partial charge in [-0.3, -0.25) is 19.2 Å². The lowest BCUT2D eigenvalue weighted by molar-refractivity contribution is 0.103. The number of carbonyl (C=O) groups is 4. The maximum atomic E-state index is 13.9. The van der Waals surface area contributed by atoms with Gasteiger partial charge in [-0.2, -0.15) is 0 Å². The van der Waals surface area contributed by atoms with E-state index < -0.39 is 0 Å². The Hall–Kier alpha value is -18.6. The summed E-state index contributed by atoms with van der Waals surface area (Å²) in [6.45, 7) is 2.79. The standard InChI is InChI=1S/C35H22O2.C34H26O3.C32H22O3.C31H20O2/c36-33-16-8-7-15-29(33)35(37)32-20-24-11-3-4-12-26(24)31-21-30(27-13-5-6-14-28(27)34(31)32)25-18-17-22-9-1-2-10-23(22)19-25;1-2-19-37-24-17-15-22(16-18-24)29-21-30-25-10-4-3-9-23(25)20-31(33(30)27-12-6-5-11-26(27)29)34(36)28-13-7-8-14-32(28)35;1-35-22-16-14-20(15-17-22)27-19-28-23-9-3-2-8-21(23)18-29(31(28)25-11-5-4-10-24(25)27)32(34)26-12-6-7-13-30(26)33;32-29-17-9-8-16-25(29)31(33)28-18-21-12-4-5-13-22(21)27-19-26(20-10-2-1-3-11-20)23-14-6-7-15-24(23)30(27)28/h1-21,36H;3-18,20-21,35H,2,19H2,1H3;2-19,33H,1H3;1-19,32H. The Morgan fingerprint density at radius 1 is 0.197 bits per heavy atom. The molecule has 0 aromatic heterocycles. The van der Waals surface area contributed by atoms with Gasteiger partial charge in [0.05, 0.1) is 36.0 Å². The number of phenols is 4. The van der Waals surface area contributed by atoms with Crippen molar-refractivity contribution in [3.05, 3.63) is 506 Å². The van der Waals surface area contributed by atoms with Crippen LogP contribution in [-0.4, -0.2) is 57.3 Å². The monoisotopic (exact) mass is 1830 g/mol. The van der Waals surface area contributed by atoms with Gasteiger partial charge < -0.3 is 29.9 Å². The van der Waals surface area contributed by atoms with Gasteiger partial charge in [-0.15, -0.1) is 0 Å². The Bertz CT molecular complexity index is 9390. The highest BCUT2D eigenvalue weighted by Gasteiger charge is 2.28. The van der Waals surface area contributed by atoms with E-state index in [9.17, 15) is 39.6 Å². The topological polar surface area (TPSA) is 168 Å². The van der Waals surface area contributed by atoms with Gasteiger partial charge in [-0.05, 0) is 297 Å². The summed E-state index contributed by atoms with van der Waals surface area (Å²) in [5.41, 5.74) is 12.5. The fourth-order valence-corrected chi connectivity index (χ4v) is 20.5. The molecular formula is C132H90O10. The third-order valence-corrected chi connectivity index (χ3v) is 27.2. The molecule has 0 amide bonds. The van der Waals surface area contributed by atoms with Crippen LogP contribution in [0.25, 0.3) is 185 Å². The lowest BCUT2D eigenvalue weighted by atomic mass is 9.86. The third-order valence-electron chi connectivity index (χ3n) is 27.2. The van der Waals surface area contributed by atoms with Gasteiger partial charge in [0.15, 0.2) is 23.1 Å². The number of ketones is 4. The van der Waals surface area contributed by atoms with Gasteiger partial charge >= 0.3 is 0 Å². The Balaban J connectivity index is 0.000000109. The predicted molar refractivity (Wildman–Crippen MR) is 584 cm³/mol. The van der Waals surface area contributed by atoms with Crippen LogP contribution in [0.3, 0.4) is 0 Å². The fraction of sp³-hybridized carbons (Fsp3) is 0.0303. The number of hydrogen-bond acceptors (Lipinski definition) is 10. The van der Waals surface area contributed by atoms with E-state index in [-0.39, 0.29) is 46.1 Å². The molecule has 0 spiro atoms. The summed E-state index contributed by atoms with van der Waals surface area (Å²) >= 11 is 0. The molecule has 25 aromatic carbocycles. The Morgan fingerprint density at radius 2 is 0.437 bits per heavy atom. The van der Waals surface area contributed by atoms with Crippen LogP contribution < -0.4 is 9.47 Å². The van der Waals surface area contributed by atoms with Crippen LogP contribution in [0.4, 0.5) is 0 Å². The van der Waals surface area contributed by atoms with Gasteiger partial charge in [-0.25, -0.2) is 0 Å². The number of para-hydroxylation sites is 4. The molecule has 0 aliphatic carbocycles. The Morgan fingerprint density at radius 3 is 0.739 bits per heavy atom. The van der Waals surface area contributed by atoms with Gasteiger partial charge in [0, 0.05) is 43.8 Å². The minimum Gasteiger partial charge on any atom is -0.507 e. The highest BCUT2D eigenvalue weighted by molar-refractivity contribution is 6.35. The highest BCUT2D eigenvalue weighted by Crippen LogP contribution is 2.48. The van der Waals surface area contributed by atoms with E-state index in [2.05, 4.69) is 183 Å². The van der Waals surface area contributed by atoms with Crippen LogP contribution in [0.2, 0.25) is 0 Å². The summed E-state index contributed by atoms with van der Waals surface area (Å²) in [7, 11) is 1.66. The average molecular weight is 1840 g/mol. The molecule has 10 heteroatoms. The molecule has 0 atom stereocenters. The first-order chi connectivity index (χ1) is 69.7. The fourth-order valence-electron chi connectivity index (χ4n) is 20.5. The molecule has 25 rings (SSSR count). The van der Waals surface area contributed by atoms with Crippen LogP contribution in [0.1, 0.15) is 77.0 Å². The van der Waals surface area contributed by atoms with Crippen molar-refractivity contribution in [1.29, 1.82) is 0 Å². The molecule has 0 aliphatic heterocycles. The van der Waals surface area contributed by atoms with Crippen molar-refractivity contribution < 1.29 is 49.1 Å². The molecule has 0 aliphatic rings. The second kappa shape index (κ2) is 38.1. The van der Waals surface area contributed by atoms with Crippen molar-refractivity contribution in [2.45, 2.75) is 13.3 Å². The summed E-state index contributed by atoms with van der Waals surface area (Å²) in [5, 5.41) is 68.6. The molecule has 142 heavy (non-hydrogen) atoms. The van der Waals surface area contributed by atoms with E-state index in [1.165, 1.54) is 10.8 Å². The minimum absolute atomic E-state index is 0.00554. The Kier molecular flexibility index (Phi) is 23.8. The molecule has 0 saturated carbocycles. The smallest absolute Gasteiger partial charge is 0.197 e. The van der Waals surface area contributed by atoms with Crippen LogP contribution >= 0.6 is 0 Å². The minimum atomic E-state index is -0.193. The van der Waals surface area contributed by atoms with Crippen LogP contribution in [0.5, 0.6) is 34.5 Å². The van der Waals surface area contributed by atoms with Crippen molar-refractivity contribution in [1.82, 2.24) is 0 Å². The quantitative estimate of drug-likeness (QED) is 0.0540. The van der Waals surface area contributed by atoms with E-state index in [4.69, 9.17) is 9.47 Å². The second-order valence-corrected chi connectivity index (χ2v) is 35.6. The SMILES string of the molecule is CCCOc1ccc(-c2cc3c4ccccc4cc(C(=O)c4ccccc4O)c3c3ccccc23)cc1.COc1ccc(-c2cc3c4ccccc4cc(C(=O)c4ccccc4O)c3c3ccccc23)cc1.O=C(c1ccccc1O)c1cc2ccccc2c2cc(-c3ccc4ccccc4c3)c3ccccc3c12.O=C(c1ccccc1O)c1cc2ccccc2c2cc(-c3ccccc3)c3ccccc3c12. The van der Waals surface area contributed by atoms with Crippen LogP contribution in [0.15, 0.2) is 461 Å². The van der Waals surface area contributed by atoms with Crippen molar-refractivity contribution in [2.24, 2.45) is 0 Å². The first-order valence-corrected chi connectivity index (χ1v) is 47.4. The average Bonchev–Trinajstić information content (AvgIpc) is 0.790. The summed E-state index contributed by atoms with van der Waals surface area (Å²) in [4.78, 5) is 55.4. The van der Waals surface area contributed by atoms with E-state index in [1.807, 2.05) is 188 Å². The molecule has 0 unspecified atom stereocenters. The number of methoxy groups -OCH3 is 1. The number of phenolic OH excluding ortho intramolecular Hbond substituents is 4. The van der Waals surface area contributed by atoms with Crippen molar-refractivity contribution in [3.63, 3.8) is 0 Å². The van der Waals surface area contributed by atoms with E-state index in [0.29, 0.717) is 51.1 Å². The van der Waals surface area contributed by atoms with Crippen LogP contribution in [0, 0.1) is 0 Å². The van der Waals surface area contributed by atoms with E-state index >= 15 is 0 Å². The van der Waals surface area contributed by atoms with Gasteiger partial charge in [0.25, 0.3) is 0 Å². The normalized spacial score (nSPS) is 11.3. The molecule has 10 nitrogen and oxygen atoms in total. The molecule has 0 saturated heterocycles. The summed E-state index contributed by atoms with van der Waals surface area (Å²) < 4.78 is 11.2. The maximum Gasteiger partial charge on any atom is 0.197 e. The highest BCUT2D eigenvalue weighted by atomic mass is 16.5. The number of hydrogen-bond donors (Lipinski definition) is 4. The molecule has 678 valence electrons. The third kappa shape index (κ3) is 16.4. The van der Waals surface area contributed by atoms with Gasteiger partial charge in [0.2, 0.25) is 0 Å². The van der Waals surface area contributed by atoms with Crippen molar-refractivity contribution in [3.8, 4) is 79.0 Å². The zero-order valence-electron chi connectivity index (χ0n) is 77.5. The molecule has 25 aromatic rings. The Labute approximate surface area is 818 Å². The molecule has 4 N–H and O–H groups in total. The number of fused-ring (bicyclic) bond motifs is 21. The molecule has 0 fully saturated rings. The lowest BCUT2D eigenvalue weighted by Crippen LogP contribution is -2.04. The number of benzene rings is 25. The molecular weight excluding hydrogens is 1750 g/mol. The lowest BCUT2D eigenvalue weighted by Gasteiger charge is -2.17. The molecule has 0 heterocycles. The van der Waals surface area contributed by atoms with Crippen LogP contribution in [-0.2, 0) is 0 Å². The zero-order valence-corrected chi connectivity index (χ0v) is 77.5. The zero-order chi connectivity index (χ0) is 96.6.